The first-order valence-electron chi connectivity index (χ1n) is 6.33. The van der Waals surface area contributed by atoms with Crippen molar-refractivity contribution in [2.45, 2.75) is 26.1 Å². The lowest BCUT2D eigenvalue weighted by molar-refractivity contribution is -0.0858. The fraction of sp³-hybridized carbons (Fsp3) is 0.500. The molecular formula is C14H18ClNO3. The van der Waals surface area contributed by atoms with Crippen molar-refractivity contribution in [1.29, 1.82) is 0 Å². The molecule has 2 atom stereocenters. The van der Waals surface area contributed by atoms with Gasteiger partial charge in [0.2, 0.25) is 0 Å². The van der Waals surface area contributed by atoms with Gasteiger partial charge in [-0.2, -0.15) is 0 Å². The van der Waals surface area contributed by atoms with Gasteiger partial charge in [0, 0.05) is 23.7 Å². The maximum absolute atomic E-state index is 12.5. The van der Waals surface area contributed by atoms with E-state index in [0.29, 0.717) is 23.7 Å². The molecule has 1 aliphatic heterocycles. The standard InChI is InChI=1S/C14H18ClNO3/c1-9-3-4-11(15)5-13(9)14(18)16-6-10(2)19-12(7-16)8-17/h3-5,10,12,17H,6-8H2,1-2H3. The fourth-order valence-electron chi connectivity index (χ4n) is 2.31. The maximum Gasteiger partial charge on any atom is 0.254 e. The number of amides is 1. The minimum atomic E-state index is -0.313. The van der Waals surface area contributed by atoms with E-state index in [4.69, 9.17) is 16.3 Å². The quantitative estimate of drug-likeness (QED) is 0.901. The Morgan fingerprint density at radius 1 is 1.53 bits per heavy atom. The molecule has 1 aromatic rings. The van der Waals surface area contributed by atoms with Crippen LogP contribution in [0, 0.1) is 6.92 Å². The first kappa shape index (κ1) is 14.3. The first-order valence-corrected chi connectivity index (χ1v) is 6.70. The summed E-state index contributed by atoms with van der Waals surface area (Å²) in [6.07, 6.45) is -0.387. The molecule has 1 aliphatic rings. The molecule has 1 fully saturated rings. The average Bonchev–Trinajstić information content (AvgIpc) is 2.40. The predicted molar refractivity (Wildman–Crippen MR) is 73.5 cm³/mol. The van der Waals surface area contributed by atoms with Crippen LogP contribution in [0.2, 0.25) is 5.02 Å². The lowest BCUT2D eigenvalue weighted by Gasteiger charge is -2.36. The number of carbonyl (C=O) groups excluding carboxylic acids is 1. The van der Waals surface area contributed by atoms with E-state index in [-0.39, 0.29) is 24.7 Å². The Morgan fingerprint density at radius 3 is 2.95 bits per heavy atom. The normalized spacial score (nSPS) is 23.5. The zero-order valence-corrected chi connectivity index (χ0v) is 11.9. The van der Waals surface area contributed by atoms with E-state index in [1.165, 1.54) is 0 Å². The highest BCUT2D eigenvalue weighted by molar-refractivity contribution is 6.31. The SMILES string of the molecule is Cc1ccc(Cl)cc1C(=O)N1CC(C)OC(CO)C1. The minimum absolute atomic E-state index is 0.0615. The van der Waals surface area contributed by atoms with E-state index in [1.807, 2.05) is 19.9 Å². The molecular weight excluding hydrogens is 266 g/mol. The number of nitrogens with zero attached hydrogens (tertiary/aromatic N) is 1. The van der Waals surface area contributed by atoms with Crippen molar-refractivity contribution in [2.75, 3.05) is 19.7 Å². The number of aliphatic hydroxyl groups excluding tert-OH is 1. The monoisotopic (exact) mass is 283 g/mol. The maximum atomic E-state index is 12.5. The molecule has 0 saturated carbocycles. The van der Waals surface area contributed by atoms with Crippen molar-refractivity contribution in [2.24, 2.45) is 0 Å². The molecule has 1 aromatic carbocycles. The molecule has 2 unspecified atom stereocenters. The van der Waals surface area contributed by atoms with Gasteiger partial charge in [-0.25, -0.2) is 0 Å². The van der Waals surface area contributed by atoms with Gasteiger partial charge in [0.25, 0.3) is 5.91 Å². The van der Waals surface area contributed by atoms with Crippen molar-refractivity contribution in [3.8, 4) is 0 Å². The second-order valence-electron chi connectivity index (χ2n) is 4.92. The third-order valence-electron chi connectivity index (χ3n) is 3.25. The van der Waals surface area contributed by atoms with Gasteiger partial charge in [-0.3, -0.25) is 4.79 Å². The summed E-state index contributed by atoms with van der Waals surface area (Å²) < 4.78 is 5.54. The number of ether oxygens (including phenoxy) is 1. The molecule has 1 amide bonds. The number of aliphatic hydroxyl groups is 1. The van der Waals surface area contributed by atoms with E-state index in [9.17, 15) is 9.90 Å². The van der Waals surface area contributed by atoms with Crippen LogP contribution in [0.25, 0.3) is 0 Å². The van der Waals surface area contributed by atoms with Crippen LogP contribution in [-0.2, 0) is 4.74 Å². The first-order chi connectivity index (χ1) is 9.01. The Hall–Kier alpha value is -1.10. The highest BCUT2D eigenvalue weighted by Gasteiger charge is 2.29. The summed E-state index contributed by atoms with van der Waals surface area (Å²) in [5, 5.41) is 9.74. The van der Waals surface area contributed by atoms with E-state index < -0.39 is 0 Å². The summed E-state index contributed by atoms with van der Waals surface area (Å²) in [4.78, 5) is 14.2. The van der Waals surface area contributed by atoms with Crippen LogP contribution in [0.15, 0.2) is 18.2 Å². The van der Waals surface area contributed by atoms with Crippen LogP contribution < -0.4 is 0 Å². The van der Waals surface area contributed by atoms with Crippen LogP contribution in [-0.4, -0.2) is 47.8 Å². The molecule has 0 aromatic heterocycles. The second kappa shape index (κ2) is 5.90. The zero-order valence-electron chi connectivity index (χ0n) is 11.1. The lowest BCUT2D eigenvalue weighted by atomic mass is 10.1. The van der Waals surface area contributed by atoms with E-state index >= 15 is 0 Å². The number of hydrogen-bond donors (Lipinski definition) is 1. The van der Waals surface area contributed by atoms with Crippen LogP contribution in [0.5, 0.6) is 0 Å². The molecule has 4 nitrogen and oxygen atoms in total. The highest BCUT2D eigenvalue weighted by Crippen LogP contribution is 2.20. The van der Waals surface area contributed by atoms with Crippen molar-refractivity contribution in [1.82, 2.24) is 4.90 Å². The number of halogens is 1. The highest BCUT2D eigenvalue weighted by atomic mass is 35.5. The molecule has 0 bridgehead atoms. The Kier molecular flexibility index (Phi) is 4.45. The van der Waals surface area contributed by atoms with Gasteiger partial charge in [0.05, 0.1) is 18.8 Å². The number of carbonyl (C=O) groups is 1. The van der Waals surface area contributed by atoms with Gasteiger partial charge >= 0.3 is 0 Å². The Labute approximate surface area is 117 Å². The van der Waals surface area contributed by atoms with Crippen LogP contribution in [0.1, 0.15) is 22.8 Å². The summed E-state index contributed by atoms with van der Waals surface area (Å²) in [6, 6.07) is 5.29. The molecule has 5 heteroatoms. The van der Waals surface area contributed by atoms with Crippen molar-refractivity contribution >= 4 is 17.5 Å². The third kappa shape index (κ3) is 3.26. The van der Waals surface area contributed by atoms with Gasteiger partial charge in [-0.05, 0) is 31.5 Å². The van der Waals surface area contributed by atoms with Gasteiger partial charge < -0.3 is 14.7 Å². The third-order valence-corrected chi connectivity index (χ3v) is 3.48. The molecule has 1 heterocycles. The van der Waals surface area contributed by atoms with Gasteiger partial charge in [-0.1, -0.05) is 17.7 Å². The fourth-order valence-corrected chi connectivity index (χ4v) is 2.48. The number of aryl methyl sites for hydroxylation is 1. The molecule has 1 N–H and O–H groups in total. The van der Waals surface area contributed by atoms with Crippen molar-refractivity contribution < 1.29 is 14.6 Å². The minimum Gasteiger partial charge on any atom is -0.394 e. The Balaban J connectivity index is 2.21. The molecule has 104 valence electrons. The molecule has 0 radical (unpaired) electrons. The molecule has 2 rings (SSSR count). The predicted octanol–water partition coefficient (Wildman–Crippen LogP) is 1.87. The Bertz CT molecular complexity index is 478. The van der Waals surface area contributed by atoms with Gasteiger partial charge in [0.15, 0.2) is 0 Å². The van der Waals surface area contributed by atoms with Gasteiger partial charge in [-0.15, -0.1) is 0 Å². The lowest BCUT2D eigenvalue weighted by Crippen LogP contribution is -2.50. The Morgan fingerprint density at radius 2 is 2.26 bits per heavy atom. The summed E-state index contributed by atoms with van der Waals surface area (Å²) >= 11 is 5.95. The average molecular weight is 284 g/mol. The number of benzene rings is 1. The number of morpholine rings is 1. The topological polar surface area (TPSA) is 49.8 Å². The van der Waals surface area contributed by atoms with Crippen LogP contribution in [0.3, 0.4) is 0 Å². The summed E-state index contributed by atoms with van der Waals surface area (Å²) in [5.41, 5.74) is 1.51. The molecule has 19 heavy (non-hydrogen) atoms. The van der Waals surface area contributed by atoms with Crippen LogP contribution >= 0.6 is 11.6 Å². The summed E-state index contributed by atoms with van der Waals surface area (Å²) in [6.45, 7) is 4.64. The molecule has 0 spiro atoms. The smallest absolute Gasteiger partial charge is 0.254 e. The molecule has 0 aliphatic carbocycles. The second-order valence-corrected chi connectivity index (χ2v) is 5.36. The van der Waals surface area contributed by atoms with E-state index in [2.05, 4.69) is 0 Å². The van der Waals surface area contributed by atoms with Crippen molar-refractivity contribution in [3.05, 3.63) is 34.3 Å². The summed E-state index contributed by atoms with van der Waals surface area (Å²) in [7, 11) is 0. The molecule has 1 saturated heterocycles. The number of hydrogen-bond acceptors (Lipinski definition) is 3. The van der Waals surface area contributed by atoms with Crippen molar-refractivity contribution in [3.63, 3.8) is 0 Å². The summed E-state index contributed by atoms with van der Waals surface area (Å²) in [5.74, 6) is -0.0615. The zero-order chi connectivity index (χ0) is 14.0. The number of rotatable bonds is 2. The van der Waals surface area contributed by atoms with E-state index in [0.717, 1.165) is 5.56 Å². The van der Waals surface area contributed by atoms with Gasteiger partial charge in [0.1, 0.15) is 0 Å². The largest absolute Gasteiger partial charge is 0.394 e. The van der Waals surface area contributed by atoms with E-state index in [1.54, 1.807) is 17.0 Å². The van der Waals surface area contributed by atoms with Crippen LogP contribution in [0.4, 0.5) is 0 Å².